The SMILES string of the molecule is COc1ccc(CN2C[C@H](C(=O)NCC(F)(F)F)CC2=O)cc1. The number of nitrogens with zero attached hydrogens (tertiary/aromatic N) is 1. The third-order valence-electron chi connectivity index (χ3n) is 3.58. The van der Waals surface area contributed by atoms with Gasteiger partial charge in [-0.05, 0) is 17.7 Å². The number of hydrogen-bond donors (Lipinski definition) is 1. The van der Waals surface area contributed by atoms with Crippen molar-refractivity contribution in [2.75, 3.05) is 20.2 Å². The maximum absolute atomic E-state index is 12.1. The Morgan fingerprint density at radius 3 is 2.57 bits per heavy atom. The summed E-state index contributed by atoms with van der Waals surface area (Å²) in [5.74, 6) is -1.05. The van der Waals surface area contributed by atoms with Crippen molar-refractivity contribution in [3.8, 4) is 5.75 Å². The monoisotopic (exact) mass is 330 g/mol. The zero-order chi connectivity index (χ0) is 17.0. The fourth-order valence-corrected chi connectivity index (χ4v) is 2.38. The molecule has 23 heavy (non-hydrogen) atoms. The second-order valence-electron chi connectivity index (χ2n) is 5.36. The van der Waals surface area contributed by atoms with E-state index in [0.717, 1.165) is 5.56 Å². The van der Waals surface area contributed by atoms with E-state index in [1.807, 2.05) is 5.32 Å². The van der Waals surface area contributed by atoms with Crippen LogP contribution in [0, 0.1) is 5.92 Å². The Bertz CT molecular complexity index is 572. The molecule has 1 N–H and O–H groups in total. The Labute approximate surface area is 131 Å². The number of alkyl halides is 3. The Hall–Kier alpha value is -2.25. The molecule has 0 saturated carbocycles. The Kier molecular flexibility index (Phi) is 5.12. The van der Waals surface area contributed by atoms with Crippen LogP contribution >= 0.6 is 0 Å². The predicted molar refractivity (Wildman–Crippen MR) is 75.6 cm³/mol. The second kappa shape index (κ2) is 6.89. The van der Waals surface area contributed by atoms with Crippen LogP contribution in [0.2, 0.25) is 0 Å². The number of likely N-dealkylation sites (tertiary alicyclic amines) is 1. The number of ether oxygens (including phenoxy) is 1. The van der Waals surface area contributed by atoms with Gasteiger partial charge in [-0.25, -0.2) is 0 Å². The van der Waals surface area contributed by atoms with Gasteiger partial charge in [0.25, 0.3) is 0 Å². The summed E-state index contributed by atoms with van der Waals surface area (Å²) in [5.41, 5.74) is 0.857. The first-order chi connectivity index (χ1) is 10.8. The number of benzene rings is 1. The number of methoxy groups -OCH3 is 1. The fraction of sp³-hybridized carbons (Fsp3) is 0.467. The minimum atomic E-state index is -4.46. The zero-order valence-corrected chi connectivity index (χ0v) is 12.5. The summed E-state index contributed by atoms with van der Waals surface area (Å²) >= 11 is 0. The van der Waals surface area contributed by atoms with E-state index in [1.54, 1.807) is 31.4 Å². The number of nitrogens with one attached hydrogen (secondary N) is 1. The standard InChI is InChI=1S/C15H17F3N2O3/c1-23-12-4-2-10(3-5-12)7-20-8-11(6-13(20)21)14(22)19-9-15(16,17)18/h2-5,11H,6-9H2,1H3,(H,19,22)/t11-/m1/s1. The molecule has 1 aromatic carbocycles. The van der Waals surface area contributed by atoms with Crippen LogP contribution in [0.5, 0.6) is 5.75 Å². The van der Waals surface area contributed by atoms with E-state index < -0.39 is 24.5 Å². The molecule has 1 aliphatic heterocycles. The summed E-state index contributed by atoms with van der Waals surface area (Å²) in [4.78, 5) is 25.1. The third-order valence-corrected chi connectivity index (χ3v) is 3.58. The molecule has 8 heteroatoms. The van der Waals surface area contributed by atoms with Gasteiger partial charge in [-0.15, -0.1) is 0 Å². The van der Waals surface area contributed by atoms with Gasteiger partial charge in [0.05, 0.1) is 13.0 Å². The molecule has 0 radical (unpaired) electrons. The Morgan fingerprint density at radius 1 is 1.35 bits per heavy atom. The minimum absolute atomic E-state index is 0.0696. The molecular weight excluding hydrogens is 313 g/mol. The zero-order valence-electron chi connectivity index (χ0n) is 12.5. The molecule has 0 spiro atoms. The highest BCUT2D eigenvalue weighted by atomic mass is 19.4. The van der Waals surface area contributed by atoms with E-state index >= 15 is 0 Å². The minimum Gasteiger partial charge on any atom is -0.497 e. The smallest absolute Gasteiger partial charge is 0.405 e. The van der Waals surface area contributed by atoms with Crippen molar-refractivity contribution in [1.82, 2.24) is 10.2 Å². The van der Waals surface area contributed by atoms with Gasteiger partial charge in [-0.3, -0.25) is 9.59 Å². The number of rotatable bonds is 5. The molecule has 126 valence electrons. The Morgan fingerprint density at radius 2 is 2.00 bits per heavy atom. The first-order valence-corrected chi connectivity index (χ1v) is 7.03. The van der Waals surface area contributed by atoms with Crippen LogP contribution in [0.15, 0.2) is 24.3 Å². The molecule has 1 aromatic rings. The van der Waals surface area contributed by atoms with Crippen LogP contribution in [0.25, 0.3) is 0 Å². The van der Waals surface area contributed by atoms with Crippen LogP contribution in [-0.4, -0.2) is 43.1 Å². The predicted octanol–water partition coefficient (Wildman–Crippen LogP) is 1.72. The lowest BCUT2D eigenvalue weighted by atomic mass is 10.1. The number of amides is 2. The van der Waals surface area contributed by atoms with E-state index in [1.165, 1.54) is 4.90 Å². The topological polar surface area (TPSA) is 58.6 Å². The molecule has 1 aliphatic rings. The van der Waals surface area contributed by atoms with Crippen molar-refractivity contribution in [3.63, 3.8) is 0 Å². The maximum Gasteiger partial charge on any atom is 0.405 e. The van der Waals surface area contributed by atoms with E-state index in [2.05, 4.69) is 0 Å². The van der Waals surface area contributed by atoms with Gasteiger partial charge in [-0.1, -0.05) is 12.1 Å². The van der Waals surface area contributed by atoms with Crippen molar-refractivity contribution in [3.05, 3.63) is 29.8 Å². The van der Waals surface area contributed by atoms with Gasteiger partial charge in [0.1, 0.15) is 12.3 Å². The van der Waals surface area contributed by atoms with Crippen molar-refractivity contribution >= 4 is 11.8 Å². The lowest BCUT2D eigenvalue weighted by molar-refractivity contribution is -0.140. The van der Waals surface area contributed by atoms with Crippen molar-refractivity contribution < 1.29 is 27.5 Å². The first kappa shape index (κ1) is 17.1. The number of halogens is 3. The van der Waals surface area contributed by atoms with Gasteiger partial charge in [0.2, 0.25) is 11.8 Å². The summed E-state index contributed by atoms with van der Waals surface area (Å²) in [6.07, 6.45) is -4.53. The molecule has 1 saturated heterocycles. The number of hydrogen-bond acceptors (Lipinski definition) is 3. The van der Waals surface area contributed by atoms with Gasteiger partial charge < -0.3 is 15.0 Å². The summed E-state index contributed by atoms with van der Waals surface area (Å²) in [7, 11) is 1.54. The van der Waals surface area contributed by atoms with Crippen LogP contribution in [0.3, 0.4) is 0 Å². The molecule has 0 bridgehead atoms. The summed E-state index contributed by atoms with van der Waals surface area (Å²) in [5, 5.41) is 1.83. The van der Waals surface area contributed by atoms with E-state index in [4.69, 9.17) is 4.74 Å². The molecule has 5 nitrogen and oxygen atoms in total. The third kappa shape index (κ3) is 4.87. The van der Waals surface area contributed by atoms with Crippen molar-refractivity contribution in [2.24, 2.45) is 5.92 Å². The first-order valence-electron chi connectivity index (χ1n) is 7.03. The normalized spacial score (nSPS) is 18.2. The average Bonchev–Trinajstić information content (AvgIpc) is 2.86. The van der Waals surface area contributed by atoms with Crippen LogP contribution in [0.4, 0.5) is 13.2 Å². The summed E-state index contributed by atoms with van der Waals surface area (Å²) in [6, 6.07) is 7.10. The quantitative estimate of drug-likeness (QED) is 0.894. The lowest BCUT2D eigenvalue weighted by Gasteiger charge is -2.17. The van der Waals surface area contributed by atoms with E-state index in [9.17, 15) is 22.8 Å². The number of carbonyl (C=O) groups is 2. The summed E-state index contributed by atoms with van der Waals surface area (Å²) in [6.45, 7) is -0.949. The molecule has 0 aromatic heterocycles. The fourth-order valence-electron chi connectivity index (χ4n) is 2.38. The van der Waals surface area contributed by atoms with Gasteiger partial charge in [-0.2, -0.15) is 13.2 Å². The summed E-state index contributed by atoms with van der Waals surface area (Å²) < 4.78 is 41.3. The number of carbonyl (C=O) groups excluding carboxylic acids is 2. The molecule has 2 amide bonds. The molecule has 2 rings (SSSR count). The van der Waals surface area contributed by atoms with Crippen LogP contribution in [0.1, 0.15) is 12.0 Å². The van der Waals surface area contributed by atoms with Crippen LogP contribution < -0.4 is 10.1 Å². The lowest BCUT2D eigenvalue weighted by Crippen LogP contribution is -2.38. The molecule has 1 heterocycles. The molecule has 1 atom stereocenters. The highest BCUT2D eigenvalue weighted by Crippen LogP contribution is 2.22. The van der Waals surface area contributed by atoms with E-state index in [0.29, 0.717) is 12.3 Å². The van der Waals surface area contributed by atoms with Gasteiger partial charge in [0.15, 0.2) is 0 Å². The molecule has 1 fully saturated rings. The highest BCUT2D eigenvalue weighted by Gasteiger charge is 2.36. The highest BCUT2D eigenvalue weighted by molar-refractivity contribution is 5.89. The van der Waals surface area contributed by atoms with Crippen LogP contribution in [-0.2, 0) is 16.1 Å². The Balaban J connectivity index is 1.90. The van der Waals surface area contributed by atoms with Crippen molar-refractivity contribution in [2.45, 2.75) is 19.1 Å². The van der Waals surface area contributed by atoms with Crippen molar-refractivity contribution in [1.29, 1.82) is 0 Å². The molecular formula is C15H17F3N2O3. The molecule has 0 unspecified atom stereocenters. The van der Waals surface area contributed by atoms with Gasteiger partial charge >= 0.3 is 6.18 Å². The van der Waals surface area contributed by atoms with E-state index in [-0.39, 0.29) is 18.9 Å². The van der Waals surface area contributed by atoms with Gasteiger partial charge in [0, 0.05) is 19.5 Å². The second-order valence-corrected chi connectivity index (χ2v) is 5.36. The largest absolute Gasteiger partial charge is 0.497 e. The molecule has 0 aliphatic carbocycles. The maximum atomic E-state index is 12.1. The average molecular weight is 330 g/mol.